The SMILES string of the molecule is CC(C)(C)OC(=O)NC1(c2ccc(-c3nc4ccc(N)nn4c3-c3ccccc3)cc2)CCC1. The summed E-state index contributed by atoms with van der Waals surface area (Å²) in [5, 5.41) is 7.63. The largest absolute Gasteiger partial charge is 0.444 e. The van der Waals surface area contributed by atoms with Crippen molar-refractivity contribution in [3.63, 3.8) is 0 Å². The number of amides is 1. The fourth-order valence-electron chi connectivity index (χ4n) is 4.47. The molecule has 1 saturated carbocycles. The fraction of sp³-hybridized carbons (Fsp3) is 0.296. The van der Waals surface area contributed by atoms with Gasteiger partial charge in [0.2, 0.25) is 0 Å². The highest BCUT2D eigenvalue weighted by Gasteiger charge is 2.41. The maximum Gasteiger partial charge on any atom is 0.408 e. The van der Waals surface area contributed by atoms with Gasteiger partial charge in [-0.1, -0.05) is 54.6 Å². The second kappa shape index (κ2) is 8.17. The Morgan fingerprint density at radius 3 is 2.32 bits per heavy atom. The number of ether oxygens (including phenoxy) is 1. The first-order valence-electron chi connectivity index (χ1n) is 11.6. The van der Waals surface area contributed by atoms with Crippen molar-refractivity contribution < 1.29 is 9.53 Å². The van der Waals surface area contributed by atoms with Crippen molar-refractivity contribution in [2.45, 2.75) is 51.2 Å². The Labute approximate surface area is 199 Å². The molecule has 174 valence electrons. The van der Waals surface area contributed by atoms with E-state index in [-0.39, 0.29) is 6.09 Å². The van der Waals surface area contributed by atoms with Crippen LogP contribution in [0.5, 0.6) is 0 Å². The zero-order valence-electron chi connectivity index (χ0n) is 19.7. The lowest BCUT2D eigenvalue weighted by atomic mass is 9.71. The number of nitrogen functional groups attached to an aromatic ring is 1. The zero-order valence-corrected chi connectivity index (χ0v) is 19.7. The monoisotopic (exact) mass is 455 g/mol. The predicted molar refractivity (Wildman–Crippen MR) is 133 cm³/mol. The molecule has 34 heavy (non-hydrogen) atoms. The van der Waals surface area contributed by atoms with E-state index in [0.29, 0.717) is 5.82 Å². The quantitative estimate of drug-likeness (QED) is 0.421. The molecule has 0 spiro atoms. The van der Waals surface area contributed by atoms with Crippen LogP contribution in [0.3, 0.4) is 0 Å². The summed E-state index contributed by atoms with van der Waals surface area (Å²) in [6.07, 6.45) is 2.46. The maximum atomic E-state index is 12.5. The average Bonchev–Trinajstić information content (AvgIpc) is 3.14. The predicted octanol–water partition coefficient (Wildman–Crippen LogP) is 5.55. The molecule has 7 heteroatoms. The number of hydrogen-bond acceptors (Lipinski definition) is 5. The number of nitrogens with two attached hydrogens (primary N) is 1. The minimum absolute atomic E-state index is 0.383. The summed E-state index contributed by atoms with van der Waals surface area (Å²) in [5.74, 6) is 0.434. The first-order valence-corrected chi connectivity index (χ1v) is 11.6. The highest BCUT2D eigenvalue weighted by atomic mass is 16.6. The lowest BCUT2D eigenvalue weighted by Crippen LogP contribution is -2.52. The zero-order chi connectivity index (χ0) is 23.9. The van der Waals surface area contributed by atoms with Gasteiger partial charge in [0.25, 0.3) is 0 Å². The normalized spacial score (nSPS) is 15.0. The molecule has 2 heterocycles. The van der Waals surface area contributed by atoms with Crippen LogP contribution in [0.2, 0.25) is 0 Å². The second-order valence-electron chi connectivity index (χ2n) is 9.84. The number of nitrogens with zero attached hydrogens (tertiary/aromatic N) is 3. The van der Waals surface area contributed by atoms with Crippen molar-refractivity contribution in [3.05, 3.63) is 72.3 Å². The Morgan fingerprint density at radius 1 is 1.00 bits per heavy atom. The minimum atomic E-state index is -0.534. The number of anilines is 1. The van der Waals surface area contributed by atoms with Gasteiger partial charge in [0.1, 0.15) is 17.1 Å². The van der Waals surface area contributed by atoms with Gasteiger partial charge < -0.3 is 15.8 Å². The summed E-state index contributed by atoms with van der Waals surface area (Å²) in [6.45, 7) is 5.61. The Bertz CT molecular complexity index is 1330. The van der Waals surface area contributed by atoms with Crippen molar-refractivity contribution in [2.75, 3.05) is 5.73 Å². The number of benzene rings is 2. The Kier molecular flexibility index (Phi) is 5.27. The van der Waals surface area contributed by atoms with Gasteiger partial charge in [-0.2, -0.15) is 0 Å². The van der Waals surface area contributed by atoms with Crippen LogP contribution in [0.1, 0.15) is 45.6 Å². The van der Waals surface area contributed by atoms with E-state index in [2.05, 4.69) is 34.7 Å². The summed E-state index contributed by atoms with van der Waals surface area (Å²) < 4.78 is 7.31. The molecule has 0 aliphatic heterocycles. The van der Waals surface area contributed by atoms with Crippen molar-refractivity contribution in [3.8, 4) is 22.5 Å². The molecule has 2 aromatic heterocycles. The molecule has 0 atom stereocenters. The summed E-state index contributed by atoms with van der Waals surface area (Å²) in [7, 11) is 0. The lowest BCUT2D eigenvalue weighted by Gasteiger charge is -2.43. The molecule has 7 nitrogen and oxygen atoms in total. The summed E-state index contributed by atoms with van der Waals surface area (Å²) in [6, 6.07) is 22.0. The Hall–Kier alpha value is -3.87. The summed E-state index contributed by atoms with van der Waals surface area (Å²) in [4.78, 5) is 17.4. The number of fused-ring (bicyclic) bond motifs is 1. The van der Waals surface area contributed by atoms with Crippen LogP contribution in [0.25, 0.3) is 28.2 Å². The number of rotatable bonds is 4. The van der Waals surface area contributed by atoms with Gasteiger partial charge in [-0.15, -0.1) is 5.10 Å². The molecule has 0 unspecified atom stereocenters. The molecule has 1 aliphatic carbocycles. The molecule has 5 rings (SSSR count). The van der Waals surface area contributed by atoms with Crippen molar-refractivity contribution in [2.24, 2.45) is 0 Å². The van der Waals surface area contributed by atoms with Gasteiger partial charge in [-0.3, -0.25) is 0 Å². The number of imidazole rings is 1. The molecule has 4 aromatic rings. The van der Waals surface area contributed by atoms with Gasteiger partial charge in [0, 0.05) is 11.1 Å². The van der Waals surface area contributed by atoms with Gasteiger partial charge in [0.05, 0.1) is 11.2 Å². The van der Waals surface area contributed by atoms with E-state index in [0.717, 1.165) is 53.0 Å². The van der Waals surface area contributed by atoms with Crippen LogP contribution in [0.15, 0.2) is 66.7 Å². The van der Waals surface area contributed by atoms with Crippen molar-refractivity contribution >= 4 is 17.6 Å². The van der Waals surface area contributed by atoms with E-state index in [9.17, 15) is 4.79 Å². The van der Waals surface area contributed by atoms with Crippen LogP contribution in [0.4, 0.5) is 10.6 Å². The molecule has 0 saturated heterocycles. The number of alkyl carbamates (subject to hydrolysis) is 1. The highest BCUT2D eigenvalue weighted by molar-refractivity contribution is 5.82. The minimum Gasteiger partial charge on any atom is -0.444 e. The topological polar surface area (TPSA) is 94.5 Å². The molecule has 2 aromatic carbocycles. The maximum absolute atomic E-state index is 12.5. The van der Waals surface area contributed by atoms with Crippen LogP contribution in [-0.4, -0.2) is 26.3 Å². The number of carbonyl (C=O) groups excluding carboxylic acids is 1. The number of carbonyl (C=O) groups is 1. The number of hydrogen-bond donors (Lipinski definition) is 2. The van der Waals surface area contributed by atoms with Crippen molar-refractivity contribution in [1.29, 1.82) is 0 Å². The summed E-state index contributed by atoms with van der Waals surface area (Å²) >= 11 is 0. The van der Waals surface area contributed by atoms with Gasteiger partial charge in [0.15, 0.2) is 5.65 Å². The third-order valence-corrected chi connectivity index (χ3v) is 6.20. The molecular formula is C27H29N5O2. The van der Waals surface area contributed by atoms with Gasteiger partial charge >= 0.3 is 6.09 Å². The van der Waals surface area contributed by atoms with E-state index in [1.807, 2.05) is 57.2 Å². The molecule has 0 radical (unpaired) electrons. The summed E-state index contributed by atoms with van der Waals surface area (Å²) in [5.41, 5.74) is 10.6. The van der Waals surface area contributed by atoms with Crippen LogP contribution in [0, 0.1) is 0 Å². The van der Waals surface area contributed by atoms with E-state index in [1.54, 1.807) is 10.6 Å². The average molecular weight is 456 g/mol. The van der Waals surface area contributed by atoms with Crippen molar-refractivity contribution in [1.82, 2.24) is 19.9 Å². The first kappa shape index (κ1) is 21.9. The van der Waals surface area contributed by atoms with E-state index >= 15 is 0 Å². The smallest absolute Gasteiger partial charge is 0.408 e. The van der Waals surface area contributed by atoms with E-state index in [1.165, 1.54) is 0 Å². The van der Waals surface area contributed by atoms with Crippen LogP contribution >= 0.6 is 0 Å². The number of aromatic nitrogens is 3. The standard InChI is InChI=1S/C27H29N5O2/c1-26(2,3)34-25(33)30-27(16-7-17-27)20-12-10-18(11-13-20)23-24(19-8-5-4-6-9-19)32-22(29-23)15-14-21(28)31-32/h4-6,8-15H,7,16-17H2,1-3H3,(H2,28,31)(H,30,33). The molecule has 1 aliphatic rings. The van der Waals surface area contributed by atoms with Crippen LogP contribution < -0.4 is 11.1 Å². The van der Waals surface area contributed by atoms with E-state index < -0.39 is 11.1 Å². The van der Waals surface area contributed by atoms with Gasteiger partial charge in [-0.25, -0.2) is 14.3 Å². The first-order chi connectivity index (χ1) is 16.2. The van der Waals surface area contributed by atoms with Crippen LogP contribution in [-0.2, 0) is 10.3 Å². The third-order valence-electron chi connectivity index (χ3n) is 6.20. The highest BCUT2D eigenvalue weighted by Crippen LogP contribution is 2.42. The number of nitrogens with one attached hydrogen (secondary N) is 1. The molecule has 1 amide bonds. The Morgan fingerprint density at radius 2 is 1.71 bits per heavy atom. The Balaban J connectivity index is 1.52. The molecule has 0 bridgehead atoms. The second-order valence-corrected chi connectivity index (χ2v) is 9.84. The molecular weight excluding hydrogens is 426 g/mol. The van der Waals surface area contributed by atoms with E-state index in [4.69, 9.17) is 15.5 Å². The lowest BCUT2D eigenvalue weighted by molar-refractivity contribution is 0.0377. The third kappa shape index (κ3) is 4.09. The molecule has 3 N–H and O–H groups in total. The molecule has 1 fully saturated rings. The van der Waals surface area contributed by atoms with Gasteiger partial charge in [-0.05, 0) is 57.7 Å². The fourth-order valence-corrected chi connectivity index (χ4v) is 4.47.